The molecule has 0 aliphatic heterocycles. The smallest absolute Gasteiger partial charge is 0.296 e. The summed E-state index contributed by atoms with van der Waals surface area (Å²) in [5.41, 5.74) is 0.411. The minimum Gasteiger partial charge on any atom is -0.493 e. The van der Waals surface area contributed by atoms with E-state index >= 15 is 0 Å². The van der Waals surface area contributed by atoms with Crippen LogP contribution in [0.4, 0.5) is 11.4 Å². The van der Waals surface area contributed by atoms with Crippen LogP contribution >= 0.6 is 0 Å². The maximum absolute atomic E-state index is 11.1. The third kappa shape index (κ3) is 3.49. The van der Waals surface area contributed by atoms with Crippen molar-refractivity contribution >= 4 is 11.4 Å². The molecule has 0 saturated carbocycles. The van der Waals surface area contributed by atoms with Crippen molar-refractivity contribution in [1.29, 1.82) is 0 Å². The number of rotatable bonds is 6. The van der Waals surface area contributed by atoms with Gasteiger partial charge in [0.05, 0.1) is 25.2 Å². The molecule has 1 N–H and O–H groups in total. The largest absolute Gasteiger partial charge is 0.493 e. The van der Waals surface area contributed by atoms with Gasteiger partial charge < -0.3 is 14.8 Å². The quantitative estimate of drug-likeness (QED) is 0.634. The first-order valence-electron chi connectivity index (χ1n) is 6.07. The minimum atomic E-state index is -0.433. The van der Waals surface area contributed by atoms with Crippen LogP contribution in [0.5, 0.6) is 11.5 Å². The summed E-state index contributed by atoms with van der Waals surface area (Å²) in [6, 6.07) is 3.07. The lowest BCUT2D eigenvalue weighted by atomic mass is 10.1. The normalized spacial score (nSPS) is 12.1. The number of hydrogen-bond acceptors (Lipinski definition) is 5. The molecule has 106 valence electrons. The molecule has 1 aromatic carbocycles. The van der Waals surface area contributed by atoms with E-state index in [1.54, 1.807) is 6.07 Å². The summed E-state index contributed by atoms with van der Waals surface area (Å²) in [6.07, 6.45) is 0. The monoisotopic (exact) mass is 268 g/mol. The van der Waals surface area contributed by atoms with Crippen molar-refractivity contribution in [2.75, 3.05) is 19.5 Å². The molecule has 1 atom stereocenters. The van der Waals surface area contributed by atoms with Gasteiger partial charge in [0.15, 0.2) is 11.5 Å². The highest BCUT2D eigenvalue weighted by molar-refractivity contribution is 5.68. The molecule has 0 aliphatic rings. The van der Waals surface area contributed by atoms with Crippen molar-refractivity contribution in [2.24, 2.45) is 5.92 Å². The van der Waals surface area contributed by atoms with Gasteiger partial charge in [0.25, 0.3) is 5.69 Å². The van der Waals surface area contributed by atoms with Gasteiger partial charge in [-0.2, -0.15) is 0 Å². The van der Waals surface area contributed by atoms with E-state index in [9.17, 15) is 10.1 Å². The molecular weight excluding hydrogens is 248 g/mol. The van der Waals surface area contributed by atoms with Crippen LogP contribution in [0, 0.1) is 16.0 Å². The highest BCUT2D eigenvalue weighted by Gasteiger charge is 2.21. The second-order valence-electron chi connectivity index (χ2n) is 4.66. The van der Waals surface area contributed by atoms with Gasteiger partial charge >= 0.3 is 0 Å². The number of ether oxygens (including phenoxy) is 2. The van der Waals surface area contributed by atoms with Gasteiger partial charge in [-0.15, -0.1) is 0 Å². The van der Waals surface area contributed by atoms with E-state index in [1.165, 1.54) is 20.3 Å². The van der Waals surface area contributed by atoms with E-state index in [1.807, 2.05) is 20.8 Å². The first-order chi connectivity index (χ1) is 8.90. The van der Waals surface area contributed by atoms with Crippen LogP contribution in [0.3, 0.4) is 0 Å². The molecule has 0 aliphatic carbocycles. The second kappa shape index (κ2) is 6.26. The molecule has 0 radical (unpaired) electrons. The van der Waals surface area contributed by atoms with Gasteiger partial charge in [0.2, 0.25) is 0 Å². The summed E-state index contributed by atoms with van der Waals surface area (Å²) in [4.78, 5) is 10.7. The molecule has 0 bridgehead atoms. The Balaban J connectivity index is 3.23. The summed E-state index contributed by atoms with van der Waals surface area (Å²) in [5, 5.41) is 14.3. The van der Waals surface area contributed by atoms with E-state index < -0.39 is 4.92 Å². The molecule has 0 heterocycles. The first kappa shape index (κ1) is 15.1. The Kier molecular flexibility index (Phi) is 4.97. The molecule has 1 unspecified atom stereocenters. The molecule has 0 spiro atoms. The standard InChI is InChI=1S/C13H20N2O4/c1-8(2)9(3)14-10-6-12(18-4)13(19-5)7-11(10)15(16)17/h6-9,14H,1-5H3. The Hall–Kier alpha value is -1.98. The zero-order valence-corrected chi connectivity index (χ0v) is 11.9. The highest BCUT2D eigenvalue weighted by atomic mass is 16.6. The van der Waals surface area contributed by atoms with Crippen molar-refractivity contribution in [3.05, 3.63) is 22.2 Å². The summed E-state index contributed by atoms with van der Waals surface area (Å²) >= 11 is 0. The Bertz CT molecular complexity index is 460. The summed E-state index contributed by atoms with van der Waals surface area (Å²) in [5.74, 6) is 1.16. The number of nitrogens with one attached hydrogen (secondary N) is 1. The predicted octanol–water partition coefficient (Wildman–Crippen LogP) is 3.07. The number of nitro benzene ring substituents is 1. The number of hydrogen-bond donors (Lipinski definition) is 1. The SMILES string of the molecule is COc1cc(NC(C)C(C)C)c([N+](=O)[O-])cc1OC. The van der Waals surface area contributed by atoms with E-state index in [-0.39, 0.29) is 11.7 Å². The maximum atomic E-state index is 11.1. The molecule has 0 aromatic heterocycles. The number of benzene rings is 1. The van der Waals surface area contributed by atoms with Gasteiger partial charge in [-0.05, 0) is 12.8 Å². The average Bonchev–Trinajstić information content (AvgIpc) is 2.37. The maximum Gasteiger partial charge on any atom is 0.296 e. The molecule has 6 nitrogen and oxygen atoms in total. The van der Waals surface area contributed by atoms with Crippen LogP contribution in [-0.2, 0) is 0 Å². The zero-order valence-electron chi connectivity index (χ0n) is 11.9. The zero-order chi connectivity index (χ0) is 14.6. The van der Waals surface area contributed by atoms with Crippen LogP contribution in [-0.4, -0.2) is 25.2 Å². The van der Waals surface area contributed by atoms with Crippen LogP contribution in [0.2, 0.25) is 0 Å². The predicted molar refractivity (Wildman–Crippen MR) is 74.1 cm³/mol. The van der Waals surface area contributed by atoms with Gasteiger partial charge in [-0.1, -0.05) is 13.8 Å². The lowest BCUT2D eigenvalue weighted by Gasteiger charge is -2.19. The molecule has 0 saturated heterocycles. The van der Waals surface area contributed by atoms with Crippen molar-refractivity contribution in [2.45, 2.75) is 26.8 Å². The van der Waals surface area contributed by atoms with E-state index in [2.05, 4.69) is 5.32 Å². The van der Waals surface area contributed by atoms with Crippen LogP contribution in [0.1, 0.15) is 20.8 Å². The topological polar surface area (TPSA) is 73.6 Å². The molecule has 1 aromatic rings. The van der Waals surface area contributed by atoms with Gasteiger partial charge in [0, 0.05) is 12.1 Å². The molecule has 19 heavy (non-hydrogen) atoms. The van der Waals surface area contributed by atoms with E-state index in [0.29, 0.717) is 23.1 Å². The number of methoxy groups -OCH3 is 2. The lowest BCUT2D eigenvalue weighted by Crippen LogP contribution is -2.22. The van der Waals surface area contributed by atoms with Crippen LogP contribution in [0.25, 0.3) is 0 Å². The van der Waals surface area contributed by atoms with Crippen molar-refractivity contribution in [1.82, 2.24) is 0 Å². The number of anilines is 1. The van der Waals surface area contributed by atoms with Crippen LogP contribution in [0.15, 0.2) is 12.1 Å². The van der Waals surface area contributed by atoms with E-state index in [0.717, 1.165) is 0 Å². The summed E-state index contributed by atoms with van der Waals surface area (Å²) in [7, 11) is 2.95. The Labute approximate surface area is 112 Å². The summed E-state index contributed by atoms with van der Waals surface area (Å²) < 4.78 is 10.2. The molecular formula is C13H20N2O4. The third-order valence-corrected chi connectivity index (χ3v) is 3.08. The molecule has 1 rings (SSSR count). The van der Waals surface area contributed by atoms with Crippen molar-refractivity contribution in [3.8, 4) is 11.5 Å². The molecule has 0 amide bonds. The van der Waals surface area contributed by atoms with Gasteiger partial charge in [0.1, 0.15) is 5.69 Å². The average molecular weight is 268 g/mol. The fraction of sp³-hybridized carbons (Fsp3) is 0.538. The fourth-order valence-corrected chi connectivity index (χ4v) is 1.55. The second-order valence-corrected chi connectivity index (χ2v) is 4.66. The lowest BCUT2D eigenvalue weighted by molar-refractivity contribution is -0.384. The first-order valence-corrected chi connectivity index (χ1v) is 6.07. The summed E-state index contributed by atoms with van der Waals surface area (Å²) in [6.45, 7) is 6.07. The van der Waals surface area contributed by atoms with Crippen LogP contribution < -0.4 is 14.8 Å². The molecule has 6 heteroatoms. The third-order valence-electron chi connectivity index (χ3n) is 3.08. The van der Waals surface area contributed by atoms with Crippen molar-refractivity contribution in [3.63, 3.8) is 0 Å². The highest BCUT2D eigenvalue weighted by Crippen LogP contribution is 2.38. The minimum absolute atomic E-state index is 0.0230. The number of nitrogens with zero attached hydrogens (tertiary/aromatic N) is 1. The van der Waals surface area contributed by atoms with Gasteiger partial charge in [-0.3, -0.25) is 10.1 Å². The fourth-order valence-electron chi connectivity index (χ4n) is 1.55. The Morgan fingerprint density at radius 3 is 2.11 bits per heavy atom. The Morgan fingerprint density at radius 1 is 1.16 bits per heavy atom. The van der Waals surface area contributed by atoms with Gasteiger partial charge in [-0.25, -0.2) is 0 Å². The molecule has 0 fully saturated rings. The van der Waals surface area contributed by atoms with Crippen molar-refractivity contribution < 1.29 is 14.4 Å². The number of nitro groups is 1. The van der Waals surface area contributed by atoms with E-state index in [4.69, 9.17) is 9.47 Å². The Morgan fingerprint density at radius 2 is 1.68 bits per heavy atom.